The largest absolute Gasteiger partial charge is 0.381 e. The van der Waals surface area contributed by atoms with E-state index in [1.165, 1.54) is 0 Å². The molecule has 0 aromatic carbocycles. The molecule has 10 heteroatoms. The van der Waals surface area contributed by atoms with Gasteiger partial charge in [0.05, 0.1) is 12.3 Å². The van der Waals surface area contributed by atoms with Gasteiger partial charge in [0.15, 0.2) is 5.82 Å². The molecule has 3 aliphatic rings. The summed E-state index contributed by atoms with van der Waals surface area (Å²) in [6.07, 6.45) is 12.6. The van der Waals surface area contributed by atoms with Crippen molar-refractivity contribution in [1.82, 2.24) is 30.0 Å². The number of ketones is 1. The number of anilines is 3. The van der Waals surface area contributed by atoms with Crippen LogP contribution in [-0.2, 0) is 16.1 Å². The number of aromatic nitrogens is 5. The van der Waals surface area contributed by atoms with Crippen molar-refractivity contribution >= 4 is 23.4 Å². The van der Waals surface area contributed by atoms with Crippen molar-refractivity contribution < 1.29 is 9.53 Å². The summed E-state index contributed by atoms with van der Waals surface area (Å²) < 4.78 is 5.48. The van der Waals surface area contributed by atoms with Crippen molar-refractivity contribution in [3.05, 3.63) is 54.1 Å². The molecular formula is C31H42N8O2. The molecule has 1 unspecified atom stereocenters. The Morgan fingerprint density at radius 1 is 0.951 bits per heavy atom. The highest BCUT2D eigenvalue weighted by Crippen LogP contribution is 2.31. The van der Waals surface area contributed by atoms with Crippen molar-refractivity contribution in [3.8, 4) is 0 Å². The Balaban J connectivity index is 0.894. The van der Waals surface area contributed by atoms with Crippen molar-refractivity contribution in [3.63, 3.8) is 0 Å². The smallest absolute Gasteiger partial charge is 0.224 e. The summed E-state index contributed by atoms with van der Waals surface area (Å²) in [6.45, 7) is 4.57. The number of aromatic amines is 1. The van der Waals surface area contributed by atoms with Crippen molar-refractivity contribution in [2.24, 2.45) is 11.8 Å². The van der Waals surface area contributed by atoms with Gasteiger partial charge in [-0.2, -0.15) is 10.1 Å². The summed E-state index contributed by atoms with van der Waals surface area (Å²) in [5.41, 5.74) is 2.22. The first-order valence-corrected chi connectivity index (χ1v) is 15.3. The number of likely N-dealkylation sites (tertiary alicyclic amines) is 1. The van der Waals surface area contributed by atoms with E-state index in [1.807, 2.05) is 30.5 Å². The van der Waals surface area contributed by atoms with Gasteiger partial charge < -0.3 is 15.4 Å². The van der Waals surface area contributed by atoms with Crippen molar-refractivity contribution in [1.29, 1.82) is 0 Å². The van der Waals surface area contributed by atoms with Crippen LogP contribution in [-0.4, -0.2) is 68.2 Å². The second kappa shape index (κ2) is 13.5. The molecule has 3 aromatic heterocycles. The number of carbonyl (C=O) groups excluding carboxylic acids is 1. The van der Waals surface area contributed by atoms with Crippen LogP contribution in [0.2, 0.25) is 0 Å². The maximum Gasteiger partial charge on any atom is 0.224 e. The lowest BCUT2D eigenvalue weighted by atomic mass is 9.81. The topological polar surface area (TPSA) is 121 Å². The third-order valence-corrected chi connectivity index (χ3v) is 8.91. The molecule has 6 rings (SSSR count). The summed E-state index contributed by atoms with van der Waals surface area (Å²) in [6, 6.07) is 10.3. The third kappa shape index (κ3) is 7.89. The van der Waals surface area contributed by atoms with Gasteiger partial charge in [0.25, 0.3) is 0 Å². The molecule has 0 spiro atoms. The van der Waals surface area contributed by atoms with E-state index in [1.54, 1.807) is 6.20 Å². The van der Waals surface area contributed by atoms with Crippen LogP contribution in [0.5, 0.6) is 0 Å². The summed E-state index contributed by atoms with van der Waals surface area (Å²) >= 11 is 0. The molecule has 1 saturated carbocycles. The maximum atomic E-state index is 12.9. The molecule has 10 nitrogen and oxygen atoms in total. The standard InChI is InChI=1S/C31H42N8O2/c40-27(18-23-9-14-39(15-10-23)20-26-3-1-2-12-32-26)17-22-4-6-25(7-5-22)34-31-33-13-8-29(36-31)35-30-19-28(37-38-30)24-11-16-41-21-24/h1-3,8,12-13,19,22-25H,4-7,9-11,14-18,20-21H2,(H3,33,34,35,36,37,38). The van der Waals surface area contributed by atoms with Gasteiger partial charge in [-0.3, -0.25) is 19.8 Å². The van der Waals surface area contributed by atoms with Gasteiger partial charge in [-0.25, -0.2) is 4.98 Å². The van der Waals surface area contributed by atoms with Crippen molar-refractivity contribution in [2.45, 2.75) is 76.3 Å². The first-order valence-electron chi connectivity index (χ1n) is 15.3. The number of ether oxygens (including phenoxy) is 1. The second-order valence-electron chi connectivity index (χ2n) is 12.0. The number of piperidine rings is 1. The molecule has 0 bridgehead atoms. The molecule has 3 N–H and O–H groups in total. The SMILES string of the molecule is O=C(CC1CCC(Nc2nccc(Nc3cc(C4CCOC4)[nH]n3)n2)CC1)CC1CCN(Cc2ccccn2)CC1. The van der Waals surface area contributed by atoms with E-state index >= 15 is 0 Å². The summed E-state index contributed by atoms with van der Waals surface area (Å²) in [5, 5.41) is 14.3. The number of nitrogens with zero attached hydrogens (tertiary/aromatic N) is 5. The molecule has 41 heavy (non-hydrogen) atoms. The molecule has 2 saturated heterocycles. The zero-order chi connectivity index (χ0) is 27.9. The molecule has 3 aromatic rings. The van der Waals surface area contributed by atoms with E-state index in [2.05, 4.69) is 46.7 Å². The quantitative estimate of drug-likeness (QED) is 0.296. The highest BCUT2D eigenvalue weighted by molar-refractivity contribution is 5.78. The molecular weight excluding hydrogens is 516 g/mol. The number of pyridine rings is 1. The highest BCUT2D eigenvalue weighted by Gasteiger charge is 2.26. The van der Waals surface area contributed by atoms with Crippen LogP contribution in [0.15, 0.2) is 42.7 Å². The maximum absolute atomic E-state index is 12.9. The van der Waals surface area contributed by atoms with E-state index in [-0.39, 0.29) is 0 Å². The second-order valence-corrected chi connectivity index (χ2v) is 12.0. The van der Waals surface area contributed by atoms with Gasteiger partial charge in [0.2, 0.25) is 5.95 Å². The fraction of sp³-hybridized carbons (Fsp3) is 0.581. The zero-order valence-corrected chi connectivity index (χ0v) is 23.8. The molecule has 0 amide bonds. The molecule has 1 atom stereocenters. The predicted molar refractivity (Wildman–Crippen MR) is 158 cm³/mol. The molecule has 1 aliphatic carbocycles. The number of nitrogens with one attached hydrogen (secondary N) is 3. The van der Waals surface area contributed by atoms with Gasteiger partial charge in [-0.15, -0.1) is 0 Å². The average molecular weight is 559 g/mol. The van der Waals surface area contributed by atoms with Crippen LogP contribution >= 0.6 is 0 Å². The number of rotatable bonds is 11. The highest BCUT2D eigenvalue weighted by atomic mass is 16.5. The van der Waals surface area contributed by atoms with Crippen LogP contribution in [0, 0.1) is 11.8 Å². The molecule has 5 heterocycles. The molecule has 3 fully saturated rings. The monoisotopic (exact) mass is 558 g/mol. The molecule has 218 valence electrons. The number of Topliss-reactive ketones (excluding diaryl/α,β-unsaturated/α-hetero) is 1. The minimum absolute atomic E-state index is 0.333. The van der Waals surface area contributed by atoms with Gasteiger partial charge in [-0.1, -0.05) is 6.07 Å². The Labute approximate surface area is 242 Å². The van der Waals surface area contributed by atoms with Gasteiger partial charge in [0, 0.05) is 62.1 Å². The van der Waals surface area contributed by atoms with Crippen LogP contribution < -0.4 is 10.6 Å². The van der Waals surface area contributed by atoms with Crippen molar-refractivity contribution in [2.75, 3.05) is 36.9 Å². The lowest BCUT2D eigenvalue weighted by Crippen LogP contribution is -2.34. The lowest BCUT2D eigenvalue weighted by molar-refractivity contribution is -0.121. The lowest BCUT2D eigenvalue weighted by Gasteiger charge is -2.32. The number of hydrogen-bond acceptors (Lipinski definition) is 9. The number of hydrogen-bond donors (Lipinski definition) is 3. The Morgan fingerprint density at radius 3 is 2.54 bits per heavy atom. The minimum Gasteiger partial charge on any atom is -0.381 e. The van der Waals surface area contributed by atoms with Gasteiger partial charge in [0.1, 0.15) is 11.6 Å². The zero-order valence-electron chi connectivity index (χ0n) is 23.8. The first-order chi connectivity index (χ1) is 20.2. The van der Waals surface area contributed by atoms with E-state index in [0.717, 1.165) is 108 Å². The molecule has 2 aliphatic heterocycles. The van der Waals surface area contributed by atoms with E-state index < -0.39 is 0 Å². The average Bonchev–Trinajstić information content (AvgIpc) is 3.69. The van der Waals surface area contributed by atoms with Crippen LogP contribution in [0.25, 0.3) is 0 Å². The summed E-state index contributed by atoms with van der Waals surface area (Å²) in [7, 11) is 0. The number of carbonyl (C=O) groups is 1. The van der Waals surface area contributed by atoms with E-state index in [9.17, 15) is 4.79 Å². The fourth-order valence-corrected chi connectivity index (χ4v) is 6.51. The van der Waals surface area contributed by atoms with Crippen LogP contribution in [0.4, 0.5) is 17.6 Å². The predicted octanol–water partition coefficient (Wildman–Crippen LogP) is 5.07. The van der Waals surface area contributed by atoms with Gasteiger partial charge >= 0.3 is 0 Å². The Hall–Kier alpha value is -3.37. The summed E-state index contributed by atoms with van der Waals surface area (Å²) in [4.78, 5) is 28.9. The van der Waals surface area contributed by atoms with Crippen LogP contribution in [0.3, 0.4) is 0 Å². The van der Waals surface area contributed by atoms with E-state index in [4.69, 9.17) is 4.74 Å². The minimum atomic E-state index is 0.333. The number of H-pyrrole nitrogens is 1. The third-order valence-electron chi connectivity index (χ3n) is 8.91. The Kier molecular flexibility index (Phi) is 9.17. The summed E-state index contributed by atoms with van der Waals surface area (Å²) in [5.74, 6) is 3.95. The molecule has 0 radical (unpaired) electrons. The first kappa shape index (κ1) is 27.8. The Morgan fingerprint density at radius 2 is 1.78 bits per heavy atom. The Bertz CT molecular complexity index is 1250. The van der Waals surface area contributed by atoms with E-state index in [0.29, 0.717) is 41.3 Å². The van der Waals surface area contributed by atoms with Gasteiger partial charge in [-0.05, 0) is 88.1 Å². The van der Waals surface area contributed by atoms with Crippen LogP contribution in [0.1, 0.15) is 75.1 Å². The fourth-order valence-electron chi connectivity index (χ4n) is 6.51. The normalized spacial score (nSPS) is 23.9.